The molecule has 0 bridgehead atoms. The second kappa shape index (κ2) is 12.4. The van der Waals surface area contributed by atoms with Crippen molar-refractivity contribution in [3.63, 3.8) is 0 Å². The van der Waals surface area contributed by atoms with E-state index in [1.807, 2.05) is 18.2 Å². The first-order valence-corrected chi connectivity index (χ1v) is 12.8. The highest BCUT2D eigenvalue weighted by Crippen LogP contribution is 2.30. The molecule has 196 valence electrons. The highest BCUT2D eigenvalue weighted by atomic mass is 19.1. The Kier molecular flexibility index (Phi) is 9.03. The first-order valence-electron chi connectivity index (χ1n) is 12.8. The minimum atomic E-state index is -0.288. The fourth-order valence-electron chi connectivity index (χ4n) is 4.86. The Morgan fingerprint density at radius 2 is 1.38 bits per heavy atom. The Labute approximate surface area is 217 Å². The van der Waals surface area contributed by atoms with Gasteiger partial charge in [0.25, 0.3) is 0 Å². The molecule has 0 unspecified atom stereocenters. The minimum absolute atomic E-state index is 0.0433. The number of rotatable bonds is 9. The molecular formula is C30H35F2N3O2. The van der Waals surface area contributed by atoms with E-state index in [1.54, 1.807) is 24.3 Å². The molecule has 5 nitrogen and oxygen atoms in total. The first-order chi connectivity index (χ1) is 17.9. The van der Waals surface area contributed by atoms with Crippen LogP contribution in [0.25, 0.3) is 0 Å². The lowest BCUT2D eigenvalue weighted by atomic mass is 9.96. The van der Waals surface area contributed by atoms with E-state index in [2.05, 4.69) is 29.0 Å². The van der Waals surface area contributed by atoms with Crippen molar-refractivity contribution in [1.82, 2.24) is 9.80 Å². The van der Waals surface area contributed by atoms with Crippen molar-refractivity contribution < 1.29 is 13.9 Å². The summed E-state index contributed by atoms with van der Waals surface area (Å²) in [4.78, 5) is 17.9. The number of nitrogens with zero attached hydrogens (tertiary/aromatic N) is 2. The molecule has 37 heavy (non-hydrogen) atoms. The number of aliphatic hydroxyl groups is 1. The van der Waals surface area contributed by atoms with E-state index in [9.17, 15) is 18.7 Å². The molecule has 1 aliphatic heterocycles. The molecule has 0 spiro atoms. The fraction of sp³-hybridized carbons (Fsp3) is 0.367. The van der Waals surface area contributed by atoms with Gasteiger partial charge in [-0.25, -0.2) is 8.78 Å². The van der Waals surface area contributed by atoms with Crippen molar-refractivity contribution in [2.45, 2.75) is 32.4 Å². The Hall–Kier alpha value is -3.13. The minimum Gasteiger partial charge on any atom is -0.395 e. The highest BCUT2D eigenvalue weighted by molar-refractivity contribution is 5.48. The molecule has 1 saturated heterocycles. The second-order valence-electron chi connectivity index (χ2n) is 9.87. The smallest absolute Gasteiger partial charge is 0.206 e. The average Bonchev–Trinajstić information content (AvgIpc) is 3.05. The molecule has 0 atom stereocenters. The molecule has 1 fully saturated rings. The summed E-state index contributed by atoms with van der Waals surface area (Å²) in [6.07, 6.45) is 0. The van der Waals surface area contributed by atoms with E-state index in [1.165, 1.54) is 24.3 Å². The van der Waals surface area contributed by atoms with Gasteiger partial charge in [0.1, 0.15) is 11.6 Å². The number of hydrogen-bond acceptors (Lipinski definition) is 5. The number of piperazine rings is 1. The van der Waals surface area contributed by atoms with E-state index in [0.717, 1.165) is 48.4 Å². The topological polar surface area (TPSA) is 55.8 Å². The number of benzene rings is 2. The number of halogens is 2. The molecule has 0 aliphatic carbocycles. The predicted octanol–water partition coefficient (Wildman–Crippen LogP) is 4.76. The molecule has 3 aromatic carbocycles. The molecule has 1 aliphatic rings. The van der Waals surface area contributed by atoms with Crippen molar-refractivity contribution in [3.05, 3.63) is 111 Å². The van der Waals surface area contributed by atoms with Gasteiger partial charge in [-0.15, -0.1) is 0 Å². The Morgan fingerprint density at radius 3 is 1.89 bits per heavy atom. The van der Waals surface area contributed by atoms with Gasteiger partial charge in [0.2, 0.25) is 5.43 Å². The molecule has 0 aromatic heterocycles. The van der Waals surface area contributed by atoms with Crippen LogP contribution in [0.1, 0.15) is 48.1 Å². The number of aliphatic hydroxyl groups excluding tert-OH is 1. The molecule has 0 saturated carbocycles. The lowest BCUT2D eigenvalue weighted by Crippen LogP contribution is -2.47. The lowest BCUT2D eigenvalue weighted by Gasteiger charge is -2.39. The van der Waals surface area contributed by atoms with Crippen molar-refractivity contribution in [3.8, 4) is 0 Å². The Balaban J connectivity index is 1.52. The van der Waals surface area contributed by atoms with Crippen LogP contribution in [0.3, 0.4) is 0 Å². The zero-order valence-corrected chi connectivity index (χ0v) is 21.5. The summed E-state index contributed by atoms with van der Waals surface area (Å²) in [6.45, 7) is 8.00. The maximum atomic E-state index is 13.6. The van der Waals surface area contributed by atoms with Crippen molar-refractivity contribution in [2.75, 3.05) is 44.6 Å². The van der Waals surface area contributed by atoms with Crippen molar-refractivity contribution >= 4 is 5.69 Å². The van der Waals surface area contributed by atoms with Gasteiger partial charge in [-0.3, -0.25) is 14.6 Å². The summed E-state index contributed by atoms with van der Waals surface area (Å²) in [7, 11) is 0. The van der Waals surface area contributed by atoms with E-state index >= 15 is 0 Å². The van der Waals surface area contributed by atoms with E-state index in [0.29, 0.717) is 18.8 Å². The van der Waals surface area contributed by atoms with Crippen LogP contribution in [0, 0.1) is 11.6 Å². The molecule has 0 amide bonds. The monoisotopic (exact) mass is 507 g/mol. The molecule has 3 aromatic rings. The SMILES string of the molecule is CC(C)c1ccc(CN2CCN(C(c3ccc(F)cc3)c3ccc(F)cc3)CC2)c(=O)c(NCCO)c1. The summed E-state index contributed by atoms with van der Waals surface area (Å²) < 4.78 is 27.2. The van der Waals surface area contributed by atoms with Gasteiger partial charge in [0.05, 0.1) is 18.3 Å². The number of anilines is 1. The number of nitrogens with one attached hydrogen (secondary N) is 1. The maximum absolute atomic E-state index is 13.6. The Bertz CT molecular complexity index is 1180. The third-order valence-corrected chi connectivity index (χ3v) is 6.96. The van der Waals surface area contributed by atoms with Crippen molar-refractivity contribution in [1.29, 1.82) is 0 Å². The average molecular weight is 508 g/mol. The molecule has 0 radical (unpaired) electrons. The zero-order chi connectivity index (χ0) is 26.4. The van der Waals surface area contributed by atoms with Gasteiger partial charge in [0, 0.05) is 44.8 Å². The summed E-state index contributed by atoms with van der Waals surface area (Å²) >= 11 is 0. The molecule has 7 heteroatoms. The van der Waals surface area contributed by atoms with Crippen LogP contribution in [0.2, 0.25) is 0 Å². The lowest BCUT2D eigenvalue weighted by molar-refractivity contribution is 0.104. The van der Waals surface area contributed by atoms with Gasteiger partial charge in [0.15, 0.2) is 0 Å². The van der Waals surface area contributed by atoms with Crippen LogP contribution in [0.4, 0.5) is 14.5 Å². The summed E-state index contributed by atoms with van der Waals surface area (Å²) in [5.74, 6) is -0.304. The largest absolute Gasteiger partial charge is 0.395 e. The summed E-state index contributed by atoms with van der Waals surface area (Å²) in [5.41, 5.74) is 4.17. The van der Waals surface area contributed by atoms with Crippen LogP contribution in [0.15, 0.2) is 71.5 Å². The van der Waals surface area contributed by atoms with Gasteiger partial charge in [-0.2, -0.15) is 0 Å². The van der Waals surface area contributed by atoms with E-state index in [-0.39, 0.29) is 35.6 Å². The molecule has 1 heterocycles. The van der Waals surface area contributed by atoms with Gasteiger partial charge in [-0.05, 0) is 52.9 Å². The van der Waals surface area contributed by atoms with Crippen LogP contribution < -0.4 is 10.7 Å². The highest BCUT2D eigenvalue weighted by Gasteiger charge is 2.27. The quantitative estimate of drug-likeness (QED) is 0.438. The first kappa shape index (κ1) is 26.9. The third kappa shape index (κ3) is 6.80. The van der Waals surface area contributed by atoms with Gasteiger partial charge in [-0.1, -0.05) is 50.2 Å². The standard InChI is InChI=1S/C30H35F2N3O2/c1-21(2)24-3-4-25(30(37)28(19-24)33-13-18-36)20-34-14-16-35(17-15-34)29(22-5-9-26(31)10-6-22)23-7-11-27(32)12-8-23/h3-12,19,21,29,36H,13-18,20H2,1-2H3,(H,33,37). The van der Waals surface area contributed by atoms with Crippen molar-refractivity contribution in [2.24, 2.45) is 0 Å². The van der Waals surface area contributed by atoms with Gasteiger partial charge < -0.3 is 10.4 Å². The second-order valence-corrected chi connectivity index (χ2v) is 9.87. The van der Waals surface area contributed by atoms with Crippen LogP contribution >= 0.6 is 0 Å². The Morgan fingerprint density at radius 1 is 0.838 bits per heavy atom. The molecule has 2 N–H and O–H groups in total. The van der Waals surface area contributed by atoms with E-state index in [4.69, 9.17) is 0 Å². The van der Waals surface area contributed by atoms with Gasteiger partial charge >= 0.3 is 0 Å². The van der Waals surface area contributed by atoms with Crippen LogP contribution in [-0.4, -0.2) is 54.2 Å². The normalized spacial score (nSPS) is 14.9. The fourth-order valence-corrected chi connectivity index (χ4v) is 4.86. The predicted molar refractivity (Wildman–Crippen MR) is 144 cm³/mol. The maximum Gasteiger partial charge on any atom is 0.206 e. The summed E-state index contributed by atoms with van der Waals surface area (Å²) in [6, 6.07) is 18.7. The number of hydrogen-bond donors (Lipinski definition) is 2. The van der Waals surface area contributed by atoms with Crippen LogP contribution in [-0.2, 0) is 6.54 Å². The molecular weight excluding hydrogens is 472 g/mol. The van der Waals surface area contributed by atoms with E-state index < -0.39 is 0 Å². The third-order valence-electron chi connectivity index (χ3n) is 6.96. The molecule has 4 rings (SSSR count). The zero-order valence-electron chi connectivity index (χ0n) is 21.5. The summed E-state index contributed by atoms with van der Waals surface area (Å²) in [5, 5.41) is 12.3. The van der Waals surface area contributed by atoms with Crippen LogP contribution in [0.5, 0.6) is 0 Å².